The molecule has 1 aliphatic carbocycles. The van der Waals surface area contributed by atoms with Gasteiger partial charge in [-0.2, -0.15) is 0 Å². The molecule has 0 saturated heterocycles. The number of methoxy groups -OCH3 is 1. The fourth-order valence-electron chi connectivity index (χ4n) is 2.82. The van der Waals surface area contributed by atoms with Gasteiger partial charge in [0, 0.05) is 5.56 Å². The lowest BCUT2D eigenvalue weighted by Gasteiger charge is -2.26. The zero-order valence-corrected chi connectivity index (χ0v) is 12.8. The minimum absolute atomic E-state index is 0.518. The van der Waals surface area contributed by atoms with Crippen molar-refractivity contribution in [1.82, 2.24) is 0 Å². The second kappa shape index (κ2) is 6.08. The number of rotatable bonds is 4. The molecule has 1 aliphatic rings. The Labute approximate surface area is 130 Å². The lowest BCUT2D eigenvalue weighted by molar-refractivity contribution is 0.215. The number of aliphatic hydroxyl groups is 1. The molecule has 2 aromatic carbocycles. The van der Waals surface area contributed by atoms with Crippen molar-refractivity contribution in [2.75, 3.05) is 7.11 Å². The summed E-state index contributed by atoms with van der Waals surface area (Å²) in [5, 5.41) is 11.1. The minimum atomic E-state index is -0.774. The average molecular weight is 303 g/mol. The molecule has 2 nitrogen and oxygen atoms in total. The highest BCUT2D eigenvalue weighted by Gasteiger charge is 2.21. The van der Waals surface area contributed by atoms with E-state index in [9.17, 15) is 5.11 Å². The molecule has 1 fully saturated rings. The number of aliphatic hydroxyl groups excluding tert-OH is 1. The van der Waals surface area contributed by atoms with E-state index in [1.807, 2.05) is 24.3 Å². The van der Waals surface area contributed by atoms with E-state index in [4.69, 9.17) is 16.3 Å². The van der Waals surface area contributed by atoms with Crippen molar-refractivity contribution in [2.45, 2.75) is 31.3 Å². The van der Waals surface area contributed by atoms with Gasteiger partial charge in [0.1, 0.15) is 11.9 Å². The molecule has 0 aliphatic heterocycles. The number of hydrogen-bond acceptors (Lipinski definition) is 2. The van der Waals surface area contributed by atoms with Crippen molar-refractivity contribution in [3.8, 4) is 5.75 Å². The summed E-state index contributed by atoms with van der Waals surface area (Å²) in [6, 6.07) is 13.6. The average Bonchev–Trinajstić information content (AvgIpc) is 2.45. The van der Waals surface area contributed by atoms with Crippen molar-refractivity contribution >= 4 is 11.6 Å². The molecule has 3 heteroatoms. The predicted molar refractivity (Wildman–Crippen MR) is 85.1 cm³/mol. The second-order valence-corrected chi connectivity index (χ2v) is 5.96. The van der Waals surface area contributed by atoms with Gasteiger partial charge in [-0.1, -0.05) is 48.4 Å². The highest BCUT2D eigenvalue weighted by Crippen LogP contribution is 2.38. The van der Waals surface area contributed by atoms with Gasteiger partial charge in [0.25, 0.3) is 0 Å². The molecular weight excluding hydrogens is 284 g/mol. The number of ether oxygens (including phenoxy) is 1. The lowest BCUT2D eigenvalue weighted by Crippen LogP contribution is -2.09. The quantitative estimate of drug-likeness (QED) is 0.887. The fraction of sp³-hybridized carbons (Fsp3) is 0.333. The zero-order chi connectivity index (χ0) is 14.8. The molecule has 1 saturated carbocycles. The molecule has 21 heavy (non-hydrogen) atoms. The molecule has 0 amide bonds. The summed E-state index contributed by atoms with van der Waals surface area (Å²) < 4.78 is 5.31. The Morgan fingerprint density at radius 1 is 1.14 bits per heavy atom. The van der Waals surface area contributed by atoms with Crippen LogP contribution < -0.4 is 4.74 Å². The molecule has 110 valence electrons. The second-order valence-electron chi connectivity index (χ2n) is 5.55. The van der Waals surface area contributed by atoms with Gasteiger partial charge in [0.15, 0.2) is 0 Å². The van der Waals surface area contributed by atoms with Gasteiger partial charge < -0.3 is 9.84 Å². The maximum atomic E-state index is 10.6. The summed E-state index contributed by atoms with van der Waals surface area (Å²) in [7, 11) is 1.58. The van der Waals surface area contributed by atoms with E-state index >= 15 is 0 Å². The van der Waals surface area contributed by atoms with E-state index < -0.39 is 6.10 Å². The summed E-state index contributed by atoms with van der Waals surface area (Å²) in [5.41, 5.74) is 2.82. The van der Waals surface area contributed by atoms with Gasteiger partial charge >= 0.3 is 0 Å². The first-order valence-electron chi connectivity index (χ1n) is 7.31. The third-order valence-corrected chi connectivity index (χ3v) is 4.66. The molecule has 1 unspecified atom stereocenters. The minimum Gasteiger partial charge on any atom is -0.496 e. The Morgan fingerprint density at radius 3 is 2.43 bits per heavy atom. The maximum Gasteiger partial charge on any atom is 0.126 e. The Hall–Kier alpha value is -1.51. The predicted octanol–water partition coefficient (Wildman–Crippen LogP) is 4.70. The summed E-state index contributed by atoms with van der Waals surface area (Å²) in [5.74, 6) is 1.31. The molecule has 0 radical (unpaired) electrons. The van der Waals surface area contributed by atoms with Crippen molar-refractivity contribution in [3.05, 3.63) is 64.2 Å². The van der Waals surface area contributed by atoms with Gasteiger partial charge in [-0.05, 0) is 42.0 Å². The standard InChI is InChI=1S/C18H19ClO2/c1-21-16-7-3-6-15(19)17(16)18(20)14-10-8-13(9-11-14)12-4-2-5-12/h3,6-12,18,20H,2,4-5H2,1H3. The smallest absolute Gasteiger partial charge is 0.126 e. The third-order valence-electron chi connectivity index (χ3n) is 4.34. The monoisotopic (exact) mass is 302 g/mol. The van der Waals surface area contributed by atoms with Crippen LogP contribution in [0.4, 0.5) is 0 Å². The highest BCUT2D eigenvalue weighted by molar-refractivity contribution is 6.31. The van der Waals surface area contributed by atoms with E-state index in [0.717, 1.165) is 5.56 Å². The van der Waals surface area contributed by atoms with Gasteiger partial charge in [-0.3, -0.25) is 0 Å². The summed E-state index contributed by atoms with van der Waals surface area (Å²) in [6.45, 7) is 0. The van der Waals surface area contributed by atoms with Crippen LogP contribution in [0.25, 0.3) is 0 Å². The number of benzene rings is 2. The Balaban J connectivity index is 1.89. The number of hydrogen-bond donors (Lipinski definition) is 1. The topological polar surface area (TPSA) is 29.5 Å². The van der Waals surface area contributed by atoms with E-state index in [2.05, 4.69) is 12.1 Å². The van der Waals surface area contributed by atoms with Gasteiger partial charge in [-0.25, -0.2) is 0 Å². The van der Waals surface area contributed by atoms with Crippen LogP contribution in [0.5, 0.6) is 5.75 Å². The van der Waals surface area contributed by atoms with Crippen molar-refractivity contribution in [1.29, 1.82) is 0 Å². The normalized spacial score (nSPS) is 16.3. The maximum absolute atomic E-state index is 10.6. The Morgan fingerprint density at radius 2 is 1.86 bits per heavy atom. The van der Waals surface area contributed by atoms with Crippen LogP contribution in [0.3, 0.4) is 0 Å². The highest BCUT2D eigenvalue weighted by atomic mass is 35.5. The third kappa shape index (κ3) is 2.78. The van der Waals surface area contributed by atoms with Gasteiger partial charge in [-0.15, -0.1) is 0 Å². The summed E-state index contributed by atoms with van der Waals surface area (Å²) >= 11 is 6.23. The SMILES string of the molecule is COc1cccc(Cl)c1C(O)c1ccc(C2CCC2)cc1. The van der Waals surface area contributed by atoms with Crippen LogP contribution in [0.2, 0.25) is 5.02 Å². The molecule has 1 N–H and O–H groups in total. The fourth-order valence-corrected chi connectivity index (χ4v) is 3.09. The zero-order valence-electron chi connectivity index (χ0n) is 12.1. The van der Waals surface area contributed by atoms with Gasteiger partial charge in [0.05, 0.1) is 12.1 Å². The van der Waals surface area contributed by atoms with Crippen molar-refractivity contribution in [3.63, 3.8) is 0 Å². The van der Waals surface area contributed by atoms with E-state index in [1.165, 1.54) is 24.8 Å². The first-order chi connectivity index (χ1) is 10.2. The number of halogens is 1. The molecule has 3 rings (SSSR count). The summed E-state index contributed by atoms with van der Waals surface area (Å²) in [4.78, 5) is 0. The molecule has 0 spiro atoms. The molecule has 0 heterocycles. The molecule has 1 atom stereocenters. The largest absolute Gasteiger partial charge is 0.496 e. The van der Waals surface area contributed by atoms with Crippen LogP contribution >= 0.6 is 11.6 Å². The van der Waals surface area contributed by atoms with Crippen LogP contribution in [0.15, 0.2) is 42.5 Å². The van der Waals surface area contributed by atoms with Crippen LogP contribution in [0, 0.1) is 0 Å². The van der Waals surface area contributed by atoms with Crippen molar-refractivity contribution < 1.29 is 9.84 Å². The molecule has 0 aromatic heterocycles. The Bertz CT molecular complexity index is 618. The van der Waals surface area contributed by atoms with Gasteiger partial charge in [0.2, 0.25) is 0 Å². The first kappa shape index (κ1) is 14.4. The first-order valence-corrected chi connectivity index (χ1v) is 7.69. The van der Waals surface area contributed by atoms with Crippen LogP contribution in [0.1, 0.15) is 48.0 Å². The Kier molecular flexibility index (Phi) is 4.18. The lowest BCUT2D eigenvalue weighted by atomic mass is 9.80. The van der Waals surface area contributed by atoms with E-state index in [1.54, 1.807) is 13.2 Å². The van der Waals surface area contributed by atoms with E-state index in [0.29, 0.717) is 22.3 Å². The molecule has 0 bridgehead atoms. The van der Waals surface area contributed by atoms with Crippen molar-refractivity contribution in [2.24, 2.45) is 0 Å². The summed E-state index contributed by atoms with van der Waals surface area (Å²) in [6.07, 6.45) is 3.11. The van der Waals surface area contributed by atoms with Crippen LogP contribution in [-0.4, -0.2) is 12.2 Å². The molecule has 2 aromatic rings. The van der Waals surface area contributed by atoms with Crippen LogP contribution in [-0.2, 0) is 0 Å². The molecular formula is C18H19ClO2. The van der Waals surface area contributed by atoms with E-state index in [-0.39, 0.29) is 0 Å².